The fourth-order valence-corrected chi connectivity index (χ4v) is 4.06. The van der Waals surface area contributed by atoms with E-state index in [1.165, 1.54) is 18.2 Å². The first kappa shape index (κ1) is 14.1. The van der Waals surface area contributed by atoms with Gasteiger partial charge in [-0.25, -0.2) is 9.69 Å². The first-order chi connectivity index (χ1) is 10.8. The van der Waals surface area contributed by atoms with E-state index >= 15 is 0 Å². The summed E-state index contributed by atoms with van der Waals surface area (Å²) in [5, 5.41) is 9.10. The van der Waals surface area contributed by atoms with Crippen LogP contribution in [0.1, 0.15) is 24.2 Å². The van der Waals surface area contributed by atoms with E-state index in [0.29, 0.717) is 5.69 Å². The minimum absolute atomic E-state index is 0.0370. The lowest BCUT2D eigenvalue weighted by Gasteiger charge is -2.25. The molecule has 0 radical (unpaired) electrons. The van der Waals surface area contributed by atoms with Crippen LogP contribution in [-0.2, 0) is 14.3 Å². The van der Waals surface area contributed by atoms with E-state index in [1.54, 1.807) is 6.07 Å². The number of aromatic carboxylic acids is 1. The standard InChI is InChI=1S/C17H15NO5/c1-16-6-7-17(2,23-16)12-11(16)13(19)18(14(12)20)10-5-3-4-9(8-10)15(21)22/h3-8,11-12H,1-2H3,(H,21,22)/t11-,12-,16-,17-/m1/s1. The molecule has 2 amide bonds. The van der Waals surface area contributed by atoms with E-state index in [-0.39, 0.29) is 17.4 Å². The molecule has 3 aliphatic heterocycles. The van der Waals surface area contributed by atoms with Crippen LogP contribution in [0.5, 0.6) is 0 Å². The molecule has 2 bridgehead atoms. The van der Waals surface area contributed by atoms with Crippen LogP contribution in [-0.4, -0.2) is 34.1 Å². The van der Waals surface area contributed by atoms with Crippen LogP contribution in [0.4, 0.5) is 5.69 Å². The predicted octanol–water partition coefficient (Wildman–Crippen LogP) is 1.61. The molecule has 1 aromatic rings. The van der Waals surface area contributed by atoms with E-state index in [2.05, 4.69) is 0 Å². The summed E-state index contributed by atoms with van der Waals surface area (Å²) in [7, 11) is 0. The van der Waals surface area contributed by atoms with E-state index < -0.39 is 29.0 Å². The molecule has 3 aliphatic rings. The number of carbonyl (C=O) groups excluding carboxylic acids is 2. The average Bonchev–Trinajstić information content (AvgIpc) is 3.04. The Bertz CT molecular complexity index is 764. The van der Waals surface area contributed by atoms with Crippen LogP contribution in [0.2, 0.25) is 0 Å². The average molecular weight is 313 g/mol. The third-order valence-corrected chi connectivity index (χ3v) is 5.08. The smallest absolute Gasteiger partial charge is 0.335 e. The number of fused-ring (bicyclic) bond motifs is 5. The predicted molar refractivity (Wildman–Crippen MR) is 79.9 cm³/mol. The van der Waals surface area contributed by atoms with Crippen molar-refractivity contribution in [2.45, 2.75) is 25.0 Å². The fourth-order valence-electron chi connectivity index (χ4n) is 4.06. The highest BCUT2D eigenvalue weighted by atomic mass is 16.5. The highest BCUT2D eigenvalue weighted by Gasteiger charge is 2.70. The monoisotopic (exact) mass is 313 g/mol. The molecule has 0 aromatic heterocycles. The first-order valence-electron chi connectivity index (χ1n) is 7.39. The van der Waals surface area contributed by atoms with Crippen LogP contribution in [0.15, 0.2) is 36.4 Å². The summed E-state index contributed by atoms with van der Waals surface area (Å²) in [6, 6.07) is 5.87. The largest absolute Gasteiger partial charge is 0.478 e. The van der Waals surface area contributed by atoms with E-state index in [4.69, 9.17) is 9.84 Å². The number of benzene rings is 1. The molecule has 1 aromatic carbocycles. The van der Waals surface area contributed by atoms with Gasteiger partial charge >= 0.3 is 5.97 Å². The molecule has 0 unspecified atom stereocenters. The molecule has 23 heavy (non-hydrogen) atoms. The molecule has 2 saturated heterocycles. The second kappa shape index (κ2) is 4.08. The number of rotatable bonds is 2. The van der Waals surface area contributed by atoms with E-state index in [0.717, 1.165) is 4.90 Å². The highest BCUT2D eigenvalue weighted by molar-refractivity contribution is 6.23. The number of ether oxygens (including phenoxy) is 1. The highest BCUT2D eigenvalue weighted by Crippen LogP contribution is 2.57. The summed E-state index contributed by atoms with van der Waals surface area (Å²) in [5.74, 6) is -2.91. The van der Waals surface area contributed by atoms with Gasteiger partial charge in [0.2, 0.25) is 11.8 Å². The summed E-state index contributed by atoms with van der Waals surface area (Å²) in [5.41, 5.74) is -1.24. The van der Waals surface area contributed by atoms with Crippen LogP contribution < -0.4 is 4.90 Å². The van der Waals surface area contributed by atoms with Crippen molar-refractivity contribution in [3.63, 3.8) is 0 Å². The molecule has 0 saturated carbocycles. The van der Waals surface area contributed by atoms with Crippen molar-refractivity contribution in [1.82, 2.24) is 0 Å². The van der Waals surface area contributed by atoms with Gasteiger partial charge in [0, 0.05) is 0 Å². The maximum Gasteiger partial charge on any atom is 0.335 e. The van der Waals surface area contributed by atoms with Gasteiger partial charge in [-0.2, -0.15) is 0 Å². The lowest BCUT2D eigenvalue weighted by atomic mass is 9.73. The summed E-state index contributed by atoms with van der Waals surface area (Å²) >= 11 is 0. The van der Waals surface area contributed by atoms with Crippen molar-refractivity contribution in [1.29, 1.82) is 0 Å². The lowest BCUT2D eigenvalue weighted by Crippen LogP contribution is -2.39. The van der Waals surface area contributed by atoms with Crippen molar-refractivity contribution < 1.29 is 24.2 Å². The Kier molecular flexibility index (Phi) is 2.51. The van der Waals surface area contributed by atoms with Gasteiger partial charge in [0.15, 0.2) is 0 Å². The molecule has 3 heterocycles. The van der Waals surface area contributed by atoms with Crippen molar-refractivity contribution >= 4 is 23.5 Å². The number of nitrogens with zero attached hydrogens (tertiary/aromatic N) is 1. The Hall–Kier alpha value is -2.47. The molecule has 6 nitrogen and oxygen atoms in total. The van der Waals surface area contributed by atoms with Gasteiger partial charge in [-0.15, -0.1) is 0 Å². The minimum Gasteiger partial charge on any atom is -0.478 e. The van der Waals surface area contributed by atoms with Crippen molar-refractivity contribution in [2.24, 2.45) is 11.8 Å². The van der Waals surface area contributed by atoms with Gasteiger partial charge in [0.1, 0.15) is 0 Å². The Morgan fingerprint density at radius 1 is 1.13 bits per heavy atom. The number of carboxylic acids is 1. The molecule has 0 spiro atoms. The van der Waals surface area contributed by atoms with Gasteiger partial charge in [0.25, 0.3) is 0 Å². The number of carbonyl (C=O) groups is 3. The quantitative estimate of drug-likeness (QED) is 0.662. The van der Waals surface area contributed by atoms with Crippen LogP contribution in [0.3, 0.4) is 0 Å². The third-order valence-electron chi connectivity index (χ3n) is 5.08. The Morgan fingerprint density at radius 2 is 1.70 bits per heavy atom. The molecule has 0 aliphatic carbocycles. The van der Waals surface area contributed by atoms with Crippen molar-refractivity contribution in [3.8, 4) is 0 Å². The van der Waals surface area contributed by atoms with Crippen LogP contribution >= 0.6 is 0 Å². The van der Waals surface area contributed by atoms with Gasteiger partial charge in [-0.1, -0.05) is 18.2 Å². The minimum atomic E-state index is -1.10. The second-order valence-electron chi connectivity index (χ2n) is 6.63. The Morgan fingerprint density at radius 3 is 2.22 bits per heavy atom. The molecule has 4 atom stereocenters. The summed E-state index contributed by atoms with van der Waals surface area (Å²) in [4.78, 5) is 37.9. The SMILES string of the molecule is C[C@]12C=C[C@@](C)(O1)[C@H]1C(=O)N(c3cccc(C(=O)O)c3)C(=O)[C@@H]12. The topological polar surface area (TPSA) is 83.9 Å². The summed E-state index contributed by atoms with van der Waals surface area (Å²) in [6.45, 7) is 3.61. The maximum absolute atomic E-state index is 12.9. The molecule has 4 rings (SSSR count). The fraction of sp³-hybridized carbons (Fsp3) is 0.353. The van der Waals surface area contributed by atoms with Gasteiger partial charge in [-0.3, -0.25) is 9.59 Å². The molecular formula is C17H15NO5. The zero-order chi connectivity index (χ0) is 16.6. The number of hydrogen-bond donors (Lipinski definition) is 1. The van der Waals surface area contributed by atoms with Crippen LogP contribution in [0.25, 0.3) is 0 Å². The van der Waals surface area contributed by atoms with Crippen LogP contribution in [0, 0.1) is 11.8 Å². The zero-order valence-electron chi connectivity index (χ0n) is 12.6. The number of amides is 2. The summed E-state index contributed by atoms with van der Waals surface area (Å²) < 4.78 is 5.93. The molecule has 118 valence electrons. The van der Waals surface area contributed by atoms with Crippen molar-refractivity contribution in [2.75, 3.05) is 4.90 Å². The number of anilines is 1. The zero-order valence-corrected chi connectivity index (χ0v) is 12.6. The normalized spacial score (nSPS) is 37.6. The van der Waals surface area contributed by atoms with E-state index in [9.17, 15) is 14.4 Å². The van der Waals surface area contributed by atoms with Gasteiger partial charge < -0.3 is 9.84 Å². The Balaban J connectivity index is 1.79. The third kappa shape index (κ3) is 1.64. The first-order valence-corrected chi connectivity index (χ1v) is 7.39. The number of hydrogen-bond acceptors (Lipinski definition) is 4. The van der Waals surface area contributed by atoms with Gasteiger partial charge in [0.05, 0.1) is 34.3 Å². The number of imide groups is 1. The molecular weight excluding hydrogens is 298 g/mol. The van der Waals surface area contributed by atoms with Crippen molar-refractivity contribution in [3.05, 3.63) is 42.0 Å². The van der Waals surface area contributed by atoms with Gasteiger partial charge in [-0.05, 0) is 32.0 Å². The summed E-state index contributed by atoms with van der Waals surface area (Å²) in [6.07, 6.45) is 3.69. The lowest BCUT2D eigenvalue weighted by molar-refractivity contribution is -0.128. The second-order valence-corrected chi connectivity index (χ2v) is 6.63. The molecule has 2 fully saturated rings. The number of carboxylic acid groups (broad SMARTS) is 1. The van der Waals surface area contributed by atoms with E-state index in [1.807, 2.05) is 26.0 Å². The maximum atomic E-state index is 12.9. The Labute approximate surface area is 132 Å². The molecule has 6 heteroatoms. The molecule has 1 N–H and O–H groups in total.